The van der Waals surface area contributed by atoms with Gasteiger partial charge in [0, 0.05) is 0 Å². The molecular weight excluding hydrogens is 235 g/mol. The van der Waals surface area contributed by atoms with Crippen LogP contribution in [-0.2, 0) is 9.59 Å². The van der Waals surface area contributed by atoms with E-state index < -0.39 is 36.2 Å². The van der Waals surface area contributed by atoms with Gasteiger partial charge in [-0.25, -0.2) is 4.79 Å². The van der Waals surface area contributed by atoms with Crippen molar-refractivity contribution in [3.8, 4) is 0 Å². The van der Waals surface area contributed by atoms with Gasteiger partial charge in [-0.1, -0.05) is 0 Å². The number of aliphatic hydroxyl groups excluding tert-OH is 1. The van der Waals surface area contributed by atoms with Gasteiger partial charge in [0.05, 0.1) is 0 Å². The van der Waals surface area contributed by atoms with Crippen LogP contribution in [0.25, 0.3) is 0 Å². The molecule has 94 valence electrons. The second kappa shape index (κ2) is 5.12. The summed E-state index contributed by atoms with van der Waals surface area (Å²) < 4.78 is 37.0. The molecule has 0 saturated heterocycles. The Hall–Kier alpha value is -1.35. The van der Waals surface area contributed by atoms with Crippen molar-refractivity contribution < 1.29 is 38.1 Å². The molecule has 0 aromatic heterocycles. The predicted molar refractivity (Wildman–Crippen MR) is 43.7 cm³/mol. The number of alkyl halides is 3. The van der Waals surface area contributed by atoms with E-state index >= 15 is 0 Å². The fourth-order valence-corrected chi connectivity index (χ4v) is 1.16. The lowest BCUT2D eigenvalue weighted by molar-refractivity contribution is -0.191. The van der Waals surface area contributed by atoms with E-state index in [4.69, 9.17) is 15.3 Å². The van der Waals surface area contributed by atoms with Gasteiger partial charge in [0.15, 0.2) is 6.10 Å². The van der Waals surface area contributed by atoms with Crippen LogP contribution < -0.4 is 5.32 Å². The number of aliphatic hydroxyl groups is 1. The van der Waals surface area contributed by atoms with E-state index in [1.54, 1.807) is 5.32 Å². The molecule has 9 heteroatoms. The van der Waals surface area contributed by atoms with Crippen molar-refractivity contribution in [1.29, 1.82) is 0 Å². The van der Waals surface area contributed by atoms with E-state index in [2.05, 4.69) is 0 Å². The zero-order valence-corrected chi connectivity index (χ0v) is 8.02. The standard InChI is InChI=1S/C7H10F3NO5/c1-11-4(7(8,9)10)2(5(13)14)3(12)6(15)16/h2-4,11-12H,1H3,(H,13,14)(H,15,16)/t2-,3-,4-/m1/s1. The van der Waals surface area contributed by atoms with Crippen molar-refractivity contribution in [2.75, 3.05) is 7.05 Å². The van der Waals surface area contributed by atoms with Crippen molar-refractivity contribution >= 4 is 11.9 Å². The molecule has 0 spiro atoms. The quantitative estimate of drug-likeness (QED) is 0.509. The number of carboxylic acid groups (broad SMARTS) is 2. The second-order valence-electron chi connectivity index (χ2n) is 2.96. The Labute approximate surface area is 87.7 Å². The van der Waals surface area contributed by atoms with Gasteiger partial charge < -0.3 is 20.6 Å². The maximum atomic E-state index is 12.3. The second-order valence-corrected chi connectivity index (χ2v) is 2.96. The molecule has 0 aliphatic rings. The van der Waals surface area contributed by atoms with Gasteiger partial charge in [-0.05, 0) is 7.05 Å². The summed E-state index contributed by atoms with van der Waals surface area (Å²) in [5, 5.41) is 27.3. The molecule has 16 heavy (non-hydrogen) atoms. The third-order valence-electron chi connectivity index (χ3n) is 1.90. The average Bonchev–Trinajstić information content (AvgIpc) is 2.09. The van der Waals surface area contributed by atoms with Crippen molar-refractivity contribution in [3.05, 3.63) is 0 Å². The van der Waals surface area contributed by atoms with E-state index in [0.29, 0.717) is 0 Å². The smallest absolute Gasteiger partial charge is 0.404 e. The fourth-order valence-electron chi connectivity index (χ4n) is 1.16. The van der Waals surface area contributed by atoms with Crippen molar-refractivity contribution in [2.24, 2.45) is 5.92 Å². The molecular formula is C7H10F3NO5. The minimum Gasteiger partial charge on any atom is -0.481 e. The van der Waals surface area contributed by atoms with Crippen LogP contribution in [0, 0.1) is 5.92 Å². The molecule has 4 N–H and O–H groups in total. The summed E-state index contributed by atoms with van der Waals surface area (Å²) in [5.74, 6) is -6.59. The summed E-state index contributed by atoms with van der Waals surface area (Å²) in [6, 6.07) is -2.64. The molecule has 0 saturated carbocycles. The molecule has 0 rings (SSSR count). The zero-order valence-electron chi connectivity index (χ0n) is 8.02. The first-order valence-corrected chi connectivity index (χ1v) is 4.00. The molecule has 3 atom stereocenters. The van der Waals surface area contributed by atoms with Crippen LogP contribution in [0.4, 0.5) is 13.2 Å². The van der Waals surface area contributed by atoms with E-state index in [9.17, 15) is 22.8 Å². The third kappa shape index (κ3) is 3.35. The molecule has 0 radical (unpaired) electrons. The summed E-state index contributed by atoms with van der Waals surface area (Å²) in [6.07, 6.45) is -7.62. The maximum absolute atomic E-state index is 12.3. The van der Waals surface area contributed by atoms with E-state index in [-0.39, 0.29) is 0 Å². The van der Waals surface area contributed by atoms with Crippen LogP contribution in [0.3, 0.4) is 0 Å². The van der Waals surface area contributed by atoms with E-state index in [0.717, 1.165) is 7.05 Å². The molecule has 0 amide bonds. The number of carbonyl (C=O) groups is 2. The Morgan fingerprint density at radius 3 is 1.81 bits per heavy atom. The Morgan fingerprint density at radius 2 is 1.62 bits per heavy atom. The molecule has 0 aromatic carbocycles. The van der Waals surface area contributed by atoms with Crippen LogP contribution in [-0.4, -0.2) is 52.6 Å². The lowest BCUT2D eigenvalue weighted by atomic mass is 9.93. The first-order valence-electron chi connectivity index (χ1n) is 4.00. The van der Waals surface area contributed by atoms with Crippen molar-refractivity contribution in [2.45, 2.75) is 18.3 Å². The molecule has 0 unspecified atom stereocenters. The van der Waals surface area contributed by atoms with Gasteiger partial charge in [0.1, 0.15) is 12.0 Å². The lowest BCUT2D eigenvalue weighted by Gasteiger charge is -2.27. The van der Waals surface area contributed by atoms with Gasteiger partial charge >= 0.3 is 18.1 Å². The number of carboxylic acids is 2. The van der Waals surface area contributed by atoms with Crippen LogP contribution in [0.1, 0.15) is 0 Å². The lowest BCUT2D eigenvalue weighted by Crippen LogP contribution is -2.54. The zero-order chi connectivity index (χ0) is 13.1. The number of halogens is 3. The Balaban J connectivity index is 5.18. The van der Waals surface area contributed by atoms with Crippen LogP contribution >= 0.6 is 0 Å². The highest BCUT2D eigenvalue weighted by Gasteiger charge is 2.51. The average molecular weight is 245 g/mol. The highest BCUT2D eigenvalue weighted by atomic mass is 19.4. The normalized spacial score (nSPS) is 17.6. The number of aliphatic carboxylic acids is 2. The van der Waals surface area contributed by atoms with Gasteiger partial charge in [-0.3, -0.25) is 4.79 Å². The number of rotatable bonds is 5. The van der Waals surface area contributed by atoms with Crippen LogP contribution in [0.15, 0.2) is 0 Å². The van der Waals surface area contributed by atoms with Gasteiger partial charge in [0.2, 0.25) is 0 Å². The van der Waals surface area contributed by atoms with Gasteiger partial charge in [0.25, 0.3) is 0 Å². The van der Waals surface area contributed by atoms with Crippen molar-refractivity contribution in [3.63, 3.8) is 0 Å². The summed E-state index contributed by atoms with van der Waals surface area (Å²) in [5.41, 5.74) is 0. The summed E-state index contributed by atoms with van der Waals surface area (Å²) in [6.45, 7) is 0. The monoisotopic (exact) mass is 245 g/mol. The topological polar surface area (TPSA) is 107 Å². The summed E-state index contributed by atoms with van der Waals surface area (Å²) in [4.78, 5) is 20.8. The molecule has 0 aliphatic carbocycles. The molecule has 0 bridgehead atoms. The van der Waals surface area contributed by atoms with E-state index in [1.807, 2.05) is 0 Å². The SMILES string of the molecule is CN[C@H]([C@H](C(=O)O)[C@@H](O)C(=O)O)C(F)(F)F. The first kappa shape index (κ1) is 14.6. The molecule has 0 aromatic rings. The molecule has 0 aliphatic heterocycles. The number of hydrogen-bond donors (Lipinski definition) is 4. The molecule has 0 heterocycles. The number of hydrogen-bond acceptors (Lipinski definition) is 4. The van der Waals surface area contributed by atoms with Crippen LogP contribution in [0.5, 0.6) is 0 Å². The fraction of sp³-hybridized carbons (Fsp3) is 0.714. The largest absolute Gasteiger partial charge is 0.481 e. The molecule has 6 nitrogen and oxygen atoms in total. The van der Waals surface area contributed by atoms with Crippen molar-refractivity contribution in [1.82, 2.24) is 5.32 Å². The summed E-state index contributed by atoms with van der Waals surface area (Å²) >= 11 is 0. The highest BCUT2D eigenvalue weighted by molar-refractivity contribution is 5.82. The third-order valence-corrected chi connectivity index (χ3v) is 1.90. The number of nitrogens with one attached hydrogen (secondary N) is 1. The maximum Gasteiger partial charge on any atom is 0.404 e. The van der Waals surface area contributed by atoms with E-state index in [1.165, 1.54) is 0 Å². The Morgan fingerprint density at radius 1 is 1.19 bits per heavy atom. The minimum atomic E-state index is -4.98. The first-order chi connectivity index (χ1) is 7.12. The Kier molecular flexibility index (Phi) is 4.69. The highest BCUT2D eigenvalue weighted by Crippen LogP contribution is 2.27. The molecule has 0 fully saturated rings. The van der Waals surface area contributed by atoms with Gasteiger partial charge in [-0.15, -0.1) is 0 Å². The summed E-state index contributed by atoms with van der Waals surface area (Å²) in [7, 11) is 0.822. The Bertz CT molecular complexity index is 280. The van der Waals surface area contributed by atoms with Gasteiger partial charge in [-0.2, -0.15) is 13.2 Å². The predicted octanol–water partition coefficient (Wildman–Crippen LogP) is -0.717. The van der Waals surface area contributed by atoms with Crippen LogP contribution in [0.2, 0.25) is 0 Å². The minimum absolute atomic E-state index is 0.822.